The van der Waals surface area contributed by atoms with E-state index in [1.807, 2.05) is 18.2 Å². The molecule has 1 aliphatic rings. The van der Waals surface area contributed by atoms with Crippen molar-refractivity contribution in [3.8, 4) is 11.5 Å². The maximum atomic E-state index is 5.59. The van der Waals surface area contributed by atoms with Crippen molar-refractivity contribution in [2.75, 3.05) is 14.2 Å². The van der Waals surface area contributed by atoms with Crippen LogP contribution in [0.4, 0.5) is 0 Å². The minimum atomic E-state index is 0.222. The fourth-order valence-electron chi connectivity index (χ4n) is 1.98. The van der Waals surface area contributed by atoms with E-state index in [0.29, 0.717) is 5.92 Å². The third-order valence-electron chi connectivity index (χ3n) is 3.04. The van der Waals surface area contributed by atoms with Crippen LogP contribution in [0, 0.1) is 5.92 Å². The van der Waals surface area contributed by atoms with Crippen LogP contribution < -0.4 is 20.7 Å². The average molecular weight is 222 g/mol. The fourth-order valence-corrected chi connectivity index (χ4v) is 1.98. The summed E-state index contributed by atoms with van der Waals surface area (Å²) < 4.78 is 10.5. The summed E-state index contributed by atoms with van der Waals surface area (Å²) in [5.74, 6) is 7.74. The number of hydrogen-bond donors (Lipinski definition) is 2. The Balaban J connectivity index is 2.26. The molecule has 0 saturated heterocycles. The first-order chi connectivity index (χ1) is 7.80. The molecule has 0 heterocycles. The number of hydrazine groups is 1. The third kappa shape index (κ3) is 2.13. The molecule has 1 atom stereocenters. The standard InChI is InChI=1S/C12H18N2O2/c1-15-10-6-5-9(7-11(10)16-2)12(14-13)8-3-4-8/h5-8,12,14H,3-4,13H2,1-2H3. The Morgan fingerprint density at radius 2 is 1.94 bits per heavy atom. The van der Waals surface area contributed by atoms with Crippen molar-refractivity contribution < 1.29 is 9.47 Å². The Morgan fingerprint density at radius 3 is 2.44 bits per heavy atom. The van der Waals surface area contributed by atoms with Crippen molar-refractivity contribution in [1.82, 2.24) is 5.43 Å². The van der Waals surface area contributed by atoms with Crippen molar-refractivity contribution in [2.45, 2.75) is 18.9 Å². The van der Waals surface area contributed by atoms with E-state index in [2.05, 4.69) is 5.43 Å². The number of ether oxygens (including phenoxy) is 2. The lowest BCUT2D eigenvalue weighted by molar-refractivity contribution is 0.353. The Hall–Kier alpha value is -1.26. The van der Waals surface area contributed by atoms with Gasteiger partial charge < -0.3 is 9.47 Å². The summed E-state index contributed by atoms with van der Waals surface area (Å²) in [6, 6.07) is 6.16. The summed E-state index contributed by atoms with van der Waals surface area (Å²) in [6.45, 7) is 0. The van der Waals surface area contributed by atoms with E-state index in [-0.39, 0.29) is 6.04 Å². The molecule has 0 spiro atoms. The first kappa shape index (κ1) is 11.2. The van der Waals surface area contributed by atoms with Gasteiger partial charge in [-0.2, -0.15) is 0 Å². The van der Waals surface area contributed by atoms with Gasteiger partial charge in [0.2, 0.25) is 0 Å². The molecule has 4 heteroatoms. The van der Waals surface area contributed by atoms with Gasteiger partial charge in [0.25, 0.3) is 0 Å². The van der Waals surface area contributed by atoms with Gasteiger partial charge in [-0.1, -0.05) is 6.07 Å². The first-order valence-electron chi connectivity index (χ1n) is 5.48. The van der Waals surface area contributed by atoms with Crippen LogP contribution in [0.5, 0.6) is 11.5 Å². The number of rotatable bonds is 5. The molecule has 0 radical (unpaired) electrons. The molecular formula is C12H18N2O2. The molecule has 0 bridgehead atoms. The van der Waals surface area contributed by atoms with Crippen LogP contribution in [0.2, 0.25) is 0 Å². The maximum Gasteiger partial charge on any atom is 0.161 e. The monoisotopic (exact) mass is 222 g/mol. The lowest BCUT2D eigenvalue weighted by Gasteiger charge is -2.17. The summed E-state index contributed by atoms with van der Waals surface area (Å²) in [4.78, 5) is 0. The lowest BCUT2D eigenvalue weighted by Crippen LogP contribution is -2.29. The zero-order chi connectivity index (χ0) is 11.5. The molecule has 3 N–H and O–H groups in total. The molecule has 1 aliphatic carbocycles. The van der Waals surface area contributed by atoms with Crippen molar-refractivity contribution in [1.29, 1.82) is 0 Å². The molecule has 1 fully saturated rings. The molecule has 4 nitrogen and oxygen atoms in total. The fraction of sp³-hybridized carbons (Fsp3) is 0.500. The first-order valence-corrected chi connectivity index (χ1v) is 5.48. The van der Waals surface area contributed by atoms with E-state index >= 15 is 0 Å². The molecule has 0 aromatic heterocycles. The molecule has 0 amide bonds. The highest BCUT2D eigenvalue weighted by atomic mass is 16.5. The second-order valence-corrected chi connectivity index (χ2v) is 4.10. The van der Waals surface area contributed by atoms with Gasteiger partial charge in [0, 0.05) is 6.04 Å². The maximum absolute atomic E-state index is 5.59. The van der Waals surface area contributed by atoms with Gasteiger partial charge >= 0.3 is 0 Å². The van der Waals surface area contributed by atoms with E-state index in [4.69, 9.17) is 15.3 Å². The van der Waals surface area contributed by atoms with E-state index in [1.165, 1.54) is 12.8 Å². The Bertz CT molecular complexity index is 364. The van der Waals surface area contributed by atoms with Crippen LogP contribution in [0.15, 0.2) is 18.2 Å². The molecule has 88 valence electrons. The highest BCUT2D eigenvalue weighted by molar-refractivity contribution is 5.44. The summed E-state index contributed by atoms with van der Waals surface area (Å²) in [5.41, 5.74) is 4.03. The van der Waals surface area contributed by atoms with Gasteiger partial charge in [0.05, 0.1) is 14.2 Å². The van der Waals surface area contributed by atoms with Crippen LogP contribution in [0.1, 0.15) is 24.4 Å². The minimum Gasteiger partial charge on any atom is -0.493 e. The summed E-state index contributed by atoms with van der Waals surface area (Å²) in [6.07, 6.45) is 2.48. The Morgan fingerprint density at radius 1 is 1.25 bits per heavy atom. The predicted molar refractivity (Wildman–Crippen MR) is 62.3 cm³/mol. The van der Waals surface area contributed by atoms with Gasteiger partial charge in [-0.3, -0.25) is 11.3 Å². The van der Waals surface area contributed by atoms with E-state index < -0.39 is 0 Å². The molecule has 16 heavy (non-hydrogen) atoms. The Kier molecular flexibility index (Phi) is 3.31. The lowest BCUT2D eigenvalue weighted by atomic mass is 10.0. The van der Waals surface area contributed by atoms with Crippen molar-refractivity contribution >= 4 is 0 Å². The molecule has 1 aromatic carbocycles. The topological polar surface area (TPSA) is 56.5 Å². The predicted octanol–water partition coefficient (Wildman–Crippen LogP) is 1.62. The number of hydrogen-bond acceptors (Lipinski definition) is 4. The highest BCUT2D eigenvalue weighted by Crippen LogP contribution is 2.42. The molecular weight excluding hydrogens is 204 g/mol. The molecule has 2 rings (SSSR count). The second-order valence-electron chi connectivity index (χ2n) is 4.10. The summed E-state index contributed by atoms with van der Waals surface area (Å²) in [7, 11) is 3.28. The van der Waals surface area contributed by atoms with Gasteiger partial charge in [-0.15, -0.1) is 0 Å². The smallest absolute Gasteiger partial charge is 0.161 e. The second kappa shape index (κ2) is 4.72. The van der Waals surface area contributed by atoms with Gasteiger partial charge in [-0.25, -0.2) is 0 Å². The SMILES string of the molecule is COc1ccc(C(NN)C2CC2)cc1OC. The van der Waals surface area contributed by atoms with E-state index in [0.717, 1.165) is 17.1 Å². The molecule has 0 aliphatic heterocycles. The van der Waals surface area contributed by atoms with Crippen molar-refractivity contribution in [3.63, 3.8) is 0 Å². The molecule has 1 unspecified atom stereocenters. The van der Waals surface area contributed by atoms with Crippen LogP contribution in [0.25, 0.3) is 0 Å². The number of benzene rings is 1. The Labute approximate surface area is 95.7 Å². The van der Waals surface area contributed by atoms with E-state index in [1.54, 1.807) is 14.2 Å². The van der Waals surface area contributed by atoms with Crippen LogP contribution in [0.3, 0.4) is 0 Å². The van der Waals surface area contributed by atoms with Crippen LogP contribution in [-0.2, 0) is 0 Å². The highest BCUT2D eigenvalue weighted by Gasteiger charge is 2.31. The zero-order valence-corrected chi connectivity index (χ0v) is 9.69. The quantitative estimate of drug-likeness (QED) is 0.587. The average Bonchev–Trinajstić information content (AvgIpc) is 3.14. The molecule has 1 saturated carbocycles. The summed E-state index contributed by atoms with van der Waals surface area (Å²) >= 11 is 0. The van der Waals surface area contributed by atoms with Gasteiger partial charge in [0.15, 0.2) is 11.5 Å². The minimum absolute atomic E-state index is 0.222. The number of nitrogens with one attached hydrogen (secondary N) is 1. The molecule has 1 aromatic rings. The van der Waals surface area contributed by atoms with Gasteiger partial charge in [-0.05, 0) is 36.5 Å². The van der Waals surface area contributed by atoms with E-state index in [9.17, 15) is 0 Å². The van der Waals surface area contributed by atoms with Crippen LogP contribution >= 0.6 is 0 Å². The summed E-state index contributed by atoms with van der Waals surface area (Å²) in [5, 5.41) is 0. The van der Waals surface area contributed by atoms with Crippen molar-refractivity contribution in [2.24, 2.45) is 11.8 Å². The largest absolute Gasteiger partial charge is 0.493 e. The number of methoxy groups -OCH3 is 2. The van der Waals surface area contributed by atoms with Gasteiger partial charge in [0.1, 0.15) is 0 Å². The van der Waals surface area contributed by atoms with Crippen LogP contribution in [-0.4, -0.2) is 14.2 Å². The number of nitrogens with two attached hydrogens (primary N) is 1. The third-order valence-corrected chi connectivity index (χ3v) is 3.04. The van der Waals surface area contributed by atoms with Crippen molar-refractivity contribution in [3.05, 3.63) is 23.8 Å². The normalized spacial score (nSPS) is 16.9. The zero-order valence-electron chi connectivity index (χ0n) is 9.69.